The first kappa shape index (κ1) is 44.2. The number of urea groups is 2. The number of aromatic nitrogens is 2. The van der Waals surface area contributed by atoms with Crippen molar-refractivity contribution in [3.63, 3.8) is 0 Å². The number of methoxy groups -OCH3 is 1. The summed E-state index contributed by atoms with van der Waals surface area (Å²) in [6, 6.07) is 18.8. The van der Waals surface area contributed by atoms with Gasteiger partial charge < -0.3 is 15.4 Å². The van der Waals surface area contributed by atoms with E-state index < -0.39 is 66.1 Å². The van der Waals surface area contributed by atoms with E-state index in [1.807, 2.05) is 4.72 Å². The van der Waals surface area contributed by atoms with Crippen LogP contribution in [0.1, 0.15) is 16.7 Å². The zero-order valence-corrected chi connectivity index (χ0v) is 33.6. The Morgan fingerprint density at radius 2 is 1.10 bits per heavy atom. The van der Waals surface area contributed by atoms with Gasteiger partial charge in [-0.2, -0.15) is 13.2 Å². The summed E-state index contributed by atoms with van der Waals surface area (Å²) >= 11 is 0. The summed E-state index contributed by atoms with van der Waals surface area (Å²) in [6.45, 7) is -0.483. The number of anilines is 4. The number of nitrogens with one attached hydrogen (secondary N) is 4. The quantitative estimate of drug-likeness (QED) is 0.0656. The normalized spacial score (nSPS) is 11.6. The van der Waals surface area contributed by atoms with Crippen molar-refractivity contribution < 1.29 is 53.1 Å². The second-order valence-electron chi connectivity index (χ2n) is 13.0. The van der Waals surface area contributed by atoms with Gasteiger partial charge >= 0.3 is 18.2 Å². The molecule has 0 bridgehead atoms. The third-order valence-electron chi connectivity index (χ3n) is 8.64. The van der Waals surface area contributed by atoms with Crippen molar-refractivity contribution in [3.8, 4) is 5.75 Å². The number of sulfonamides is 2. The van der Waals surface area contributed by atoms with E-state index in [1.54, 1.807) is 24.3 Å². The van der Waals surface area contributed by atoms with Crippen molar-refractivity contribution in [1.82, 2.24) is 20.0 Å². The predicted molar refractivity (Wildman–Crippen MR) is 216 cm³/mol. The minimum Gasteiger partial charge on any atom is -0.494 e. The SMILES string of the molecule is COc1cc(NS(=O)(=O)c2ccc(NC(=O)N(Cc3cccnc3)N(Cc3cccnc3)C(=O)Nc3ccc(S(=O)(=O)Nc4cc(C(F)(F)F)ccc4F)cc3)cc2)ccc1F. The van der Waals surface area contributed by atoms with Gasteiger partial charge in [-0.05, 0) is 102 Å². The molecule has 0 saturated heterocycles. The molecule has 2 aromatic heterocycles. The van der Waals surface area contributed by atoms with Crippen LogP contribution in [-0.2, 0) is 39.3 Å². The van der Waals surface area contributed by atoms with Gasteiger partial charge in [-0.25, -0.2) is 45.2 Å². The number of carbonyl (C=O) groups is 2. The van der Waals surface area contributed by atoms with Gasteiger partial charge in [0.1, 0.15) is 5.82 Å². The number of amides is 4. The molecule has 4 N–H and O–H groups in total. The molecule has 22 heteroatoms. The number of nitrogens with zero attached hydrogens (tertiary/aromatic N) is 4. The monoisotopic (exact) mass is 896 g/mol. The molecule has 322 valence electrons. The van der Waals surface area contributed by atoms with E-state index in [2.05, 4.69) is 25.3 Å². The maximum Gasteiger partial charge on any atom is 0.416 e. The Kier molecular flexibility index (Phi) is 13.2. The van der Waals surface area contributed by atoms with Crippen LogP contribution >= 0.6 is 0 Å². The lowest BCUT2D eigenvalue weighted by Gasteiger charge is -2.35. The zero-order chi connectivity index (χ0) is 44.7. The van der Waals surface area contributed by atoms with E-state index in [0.717, 1.165) is 28.2 Å². The summed E-state index contributed by atoms with van der Waals surface area (Å²) < 4.78 is 129. The molecular formula is C40H33F5N8O7S2. The lowest BCUT2D eigenvalue weighted by molar-refractivity contribution is -0.137. The van der Waals surface area contributed by atoms with Gasteiger partial charge in [0, 0.05) is 42.2 Å². The highest BCUT2D eigenvalue weighted by atomic mass is 32.2. The molecule has 0 atom stereocenters. The van der Waals surface area contributed by atoms with E-state index >= 15 is 0 Å². The number of hydrogen-bond donors (Lipinski definition) is 4. The Labute approximate surface area is 351 Å². The molecule has 0 fully saturated rings. The minimum atomic E-state index is -4.87. The van der Waals surface area contributed by atoms with Gasteiger partial charge in [0.2, 0.25) is 0 Å². The smallest absolute Gasteiger partial charge is 0.416 e. The maximum atomic E-state index is 14.4. The first-order valence-electron chi connectivity index (χ1n) is 17.8. The third-order valence-corrected chi connectivity index (χ3v) is 11.4. The van der Waals surface area contributed by atoms with E-state index in [4.69, 9.17) is 4.74 Å². The summed E-state index contributed by atoms with van der Waals surface area (Å²) in [5.74, 6) is -2.12. The van der Waals surface area contributed by atoms with Crippen molar-refractivity contribution in [2.45, 2.75) is 29.1 Å². The van der Waals surface area contributed by atoms with Gasteiger partial charge in [-0.3, -0.25) is 19.4 Å². The summed E-state index contributed by atoms with van der Waals surface area (Å²) in [7, 11) is -7.59. The molecule has 62 heavy (non-hydrogen) atoms. The molecule has 0 saturated carbocycles. The molecule has 4 aromatic carbocycles. The fraction of sp³-hybridized carbons (Fsp3) is 0.100. The molecule has 0 aliphatic heterocycles. The van der Waals surface area contributed by atoms with Crippen LogP contribution in [0.15, 0.2) is 144 Å². The lowest BCUT2D eigenvalue weighted by Crippen LogP contribution is -2.52. The number of ether oxygens (including phenoxy) is 1. The number of halogens is 5. The lowest BCUT2D eigenvalue weighted by atomic mass is 10.2. The predicted octanol–water partition coefficient (Wildman–Crippen LogP) is 8.07. The minimum absolute atomic E-state index is 0.0154. The molecule has 0 unspecified atom stereocenters. The molecule has 15 nitrogen and oxygen atoms in total. The number of pyridine rings is 2. The Bertz CT molecular complexity index is 2770. The third kappa shape index (κ3) is 11.1. The topological polar surface area (TPSA) is 192 Å². The number of carbonyl (C=O) groups excluding carboxylic acids is 2. The van der Waals surface area contributed by atoms with Crippen LogP contribution in [0.25, 0.3) is 0 Å². The Hall–Kier alpha value is -7.33. The number of hydrogen-bond acceptors (Lipinski definition) is 9. The fourth-order valence-corrected chi connectivity index (χ4v) is 7.70. The molecule has 0 spiro atoms. The Morgan fingerprint density at radius 1 is 0.629 bits per heavy atom. The number of rotatable bonds is 13. The molecular weight excluding hydrogens is 864 g/mol. The van der Waals surface area contributed by atoms with Crippen molar-refractivity contribution in [2.24, 2.45) is 0 Å². The average Bonchev–Trinajstić information content (AvgIpc) is 3.24. The maximum absolute atomic E-state index is 14.4. The van der Waals surface area contributed by atoms with Gasteiger partial charge in [0.15, 0.2) is 11.6 Å². The standard InChI is InChI=1S/C40H33F5N8O7S2/c1-60-37-21-31(11-17-35(37)42)50-61(56,57)32-12-7-29(8-13-32)48-38(54)52(24-26-4-2-18-46-22-26)53(25-27-5-3-19-47-23-27)39(55)49-30-9-14-33(15-10-30)62(58,59)51-36-20-28(40(43,44)45)6-16-34(36)41/h2-23,50-51H,24-25H2,1H3,(H,48,54)(H,49,55). The Morgan fingerprint density at radius 3 is 1.55 bits per heavy atom. The second kappa shape index (κ2) is 18.5. The molecule has 6 rings (SSSR count). The van der Waals surface area contributed by atoms with Crippen molar-refractivity contribution >= 4 is 54.9 Å². The van der Waals surface area contributed by atoms with E-state index in [-0.39, 0.29) is 40.8 Å². The van der Waals surface area contributed by atoms with Crippen LogP contribution in [0.4, 0.5) is 54.3 Å². The summed E-state index contributed by atoms with van der Waals surface area (Å²) in [5.41, 5.74) is -1.09. The van der Waals surface area contributed by atoms with Gasteiger partial charge in [-0.1, -0.05) is 12.1 Å². The van der Waals surface area contributed by atoms with Crippen LogP contribution in [0.5, 0.6) is 5.75 Å². The Balaban J connectivity index is 1.24. The first-order valence-corrected chi connectivity index (χ1v) is 20.8. The van der Waals surface area contributed by atoms with Crippen LogP contribution in [0.2, 0.25) is 0 Å². The largest absolute Gasteiger partial charge is 0.494 e. The van der Waals surface area contributed by atoms with Crippen LogP contribution in [0, 0.1) is 11.6 Å². The van der Waals surface area contributed by atoms with Gasteiger partial charge in [-0.15, -0.1) is 0 Å². The van der Waals surface area contributed by atoms with Crippen molar-refractivity contribution in [2.75, 3.05) is 27.2 Å². The van der Waals surface area contributed by atoms with E-state index in [0.29, 0.717) is 29.3 Å². The fourth-order valence-electron chi connectivity index (χ4n) is 5.59. The number of hydrazine groups is 1. The van der Waals surface area contributed by atoms with Crippen molar-refractivity contribution in [1.29, 1.82) is 0 Å². The van der Waals surface area contributed by atoms with E-state index in [9.17, 15) is 48.4 Å². The summed E-state index contributed by atoms with van der Waals surface area (Å²) in [5, 5.41) is 7.31. The van der Waals surface area contributed by atoms with Crippen molar-refractivity contribution in [3.05, 3.63) is 162 Å². The molecule has 0 aliphatic carbocycles. The van der Waals surface area contributed by atoms with Gasteiger partial charge in [0.25, 0.3) is 20.0 Å². The highest BCUT2D eigenvalue weighted by Gasteiger charge is 2.32. The molecule has 0 radical (unpaired) electrons. The average molecular weight is 897 g/mol. The highest BCUT2D eigenvalue weighted by Crippen LogP contribution is 2.33. The number of benzene rings is 4. The first-order chi connectivity index (χ1) is 29.4. The van der Waals surface area contributed by atoms with Gasteiger partial charge in [0.05, 0.1) is 46.9 Å². The summed E-state index contributed by atoms with van der Waals surface area (Å²) in [6.07, 6.45) is 1.04. The molecule has 4 amide bonds. The zero-order valence-electron chi connectivity index (χ0n) is 32.0. The highest BCUT2D eigenvalue weighted by molar-refractivity contribution is 7.93. The van der Waals surface area contributed by atoms with Crippen LogP contribution < -0.4 is 24.8 Å². The second-order valence-corrected chi connectivity index (χ2v) is 16.4. The summed E-state index contributed by atoms with van der Waals surface area (Å²) in [4.78, 5) is 35.8. The molecule has 6 aromatic rings. The molecule has 0 aliphatic rings. The van der Waals surface area contributed by atoms with Crippen LogP contribution in [0.3, 0.4) is 0 Å². The number of alkyl halides is 3. The van der Waals surface area contributed by atoms with Crippen LogP contribution in [-0.4, -0.2) is 56.0 Å². The van der Waals surface area contributed by atoms with E-state index in [1.165, 1.54) is 80.4 Å². The molecule has 2 heterocycles.